The number of hydrogen-bond acceptors (Lipinski definition) is 2. The molecule has 1 rings (SSSR count). The summed E-state index contributed by atoms with van der Waals surface area (Å²) in [7, 11) is 0. The van der Waals surface area contributed by atoms with Crippen LogP contribution in [0.3, 0.4) is 0 Å². The van der Waals surface area contributed by atoms with Crippen LogP contribution in [0.5, 0.6) is 0 Å². The first-order valence-electron chi connectivity index (χ1n) is 4.76. The summed E-state index contributed by atoms with van der Waals surface area (Å²) in [6.07, 6.45) is 2.68. The fourth-order valence-electron chi connectivity index (χ4n) is 1.24. The van der Waals surface area contributed by atoms with Gasteiger partial charge in [0.05, 0.1) is 0 Å². The molecule has 16 heavy (non-hydrogen) atoms. The van der Waals surface area contributed by atoms with Crippen molar-refractivity contribution in [2.24, 2.45) is 5.11 Å². The van der Waals surface area contributed by atoms with Gasteiger partial charge in [-0.2, -0.15) is 0 Å². The molecule has 0 spiro atoms. The van der Waals surface area contributed by atoms with E-state index in [2.05, 4.69) is 10.0 Å². The summed E-state index contributed by atoms with van der Waals surface area (Å²) in [4.78, 5) is 13.1. The number of aliphatic carboxylic acids is 1. The molecule has 0 heterocycles. The van der Waals surface area contributed by atoms with Gasteiger partial charge in [-0.1, -0.05) is 41.5 Å². The van der Waals surface area contributed by atoms with Crippen molar-refractivity contribution in [2.75, 3.05) is 0 Å². The predicted molar refractivity (Wildman–Crippen MR) is 59.6 cm³/mol. The smallest absolute Gasteiger partial charge is 0.337 e. The summed E-state index contributed by atoms with van der Waals surface area (Å²) in [5, 5.41) is 11.8. The van der Waals surface area contributed by atoms with Crippen molar-refractivity contribution in [2.45, 2.75) is 12.8 Å². The largest absolute Gasteiger partial charge is 0.478 e. The highest BCUT2D eigenvalue weighted by Gasteiger charge is 2.02. The van der Waals surface area contributed by atoms with Crippen LogP contribution in [0.25, 0.3) is 10.4 Å². The molecule has 0 atom stereocenters. The Bertz CT molecular complexity index is 430. The molecule has 1 aromatic carbocycles. The van der Waals surface area contributed by atoms with Crippen molar-refractivity contribution < 1.29 is 9.90 Å². The minimum atomic E-state index is -1.20. The van der Waals surface area contributed by atoms with Crippen LogP contribution in [-0.4, -0.2) is 11.1 Å². The minimum Gasteiger partial charge on any atom is -0.478 e. The molecule has 5 nitrogen and oxygen atoms in total. The standard InChI is InChI=1S/C11H11N3O2/c12-14-13-10(11(15)16)8-4-7-9-5-2-1-3-6-9/h1-3,5-6,8H,4,7H2,(H,15,16)/b10-8-. The highest BCUT2D eigenvalue weighted by atomic mass is 16.4. The first-order valence-corrected chi connectivity index (χ1v) is 4.76. The molecule has 0 fully saturated rings. The van der Waals surface area contributed by atoms with E-state index in [9.17, 15) is 4.79 Å². The van der Waals surface area contributed by atoms with Gasteiger partial charge < -0.3 is 5.11 Å². The van der Waals surface area contributed by atoms with Crippen molar-refractivity contribution >= 4 is 5.97 Å². The first kappa shape index (κ1) is 11.8. The van der Waals surface area contributed by atoms with E-state index in [-0.39, 0.29) is 5.70 Å². The Balaban J connectivity index is 2.58. The Morgan fingerprint density at radius 2 is 2.12 bits per heavy atom. The summed E-state index contributed by atoms with van der Waals surface area (Å²) in [6, 6.07) is 9.68. The Hall–Kier alpha value is -2.26. The second kappa shape index (κ2) is 6.27. The summed E-state index contributed by atoms with van der Waals surface area (Å²) in [6.45, 7) is 0. The average molecular weight is 217 g/mol. The fraction of sp³-hybridized carbons (Fsp3) is 0.182. The van der Waals surface area contributed by atoms with Crippen LogP contribution in [0.1, 0.15) is 12.0 Å². The van der Waals surface area contributed by atoms with Crippen molar-refractivity contribution in [3.8, 4) is 0 Å². The molecule has 0 aliphatic heterocycles. The lowest BCUT2D eigenvalue weighted by molar-refractivity contribution is -0.132. The number of carboxylic acids is 1. The maximum absolute atomic E-state index is 10.6. The summed E-state index contributed by atoms with van der Waals surface area (Å²) in [5.74, 6) is -1.20. The van der Waals surface area contributed by atoms with Crippen LogP contribution in [0, 0.1) is 0 Å². The van der Waals surface area contributed by atoms with Crippen LogP contribution in [-0.2, 0) is 11.2 Å². The van der Waals surface area contributed by atoms with Gasteiger partial charge in [-0.3, -0.25) is 0 Å². The lowest BCUT2D eigenvalue weighted by Crippen LogP contribution is -1.97. The molecular formula is C11H11N3O2. The number of carboxylic acid groups (broad SMARTS) is 1. The maximum Gasteiger partial charge on any atom is 0.337 e. The van der Waals surface area contributed by atoms with Gasteiger partial charge in [0.25, 0.3) is 0 Å². The number of rotatable bonds is 5. The number of hydrogen-bond donors (Lipinski definition) is 1. The number of allylic oxidation sites excluding steroid dienone is 1. The fourth-order valence-corrected chi connectivity index (χ4v) is 1.24. The molecule has 0 saturated carbocycles. The van der Waals surface area contributed by atoms with Gasteiger partial charge in [0.15, 0.2) is 0 Å². The van der Waals surface area contributed by atoms with E-state index in [1.165, 1.54) is 6.08 Å². The molecule has 0 unspecified atom stereocenters. The van der Waals surface area contributed by atoms with Gasteiger partial charge in [-0.15, -0.1) is 0 Å². The van der Waals surface area contributed by atoms with Crippen LogP contribution in [0.15, 0.2) is 47.2 Å². The van der Waals surface area contributed by atoms with E-state index < -0.39 is 5.97 Å². The van der Waals surface area contributed by atoms with Crippen LogP contribution in [0.2, 0.25) is 0 Å². The summed E-state index contributed by atoms with van der Waals surface area (Å²) < 4.78 is 0. The summed E-state index contributed by atoms with van der Waals surface area (Å²) in [5.41, 5.74) is 9.02. The number of nitrogens with zero attached hydrogens (tertiary/aromatic N) is 3. The van der Waals surface area contributed by atoms with Gasteiger partial charge in [-0.05, 0) is 23.9 Å². The summed E-state index contributed by atoms with van der Waals surface area (Å²) >= 11 is 0. The zero-order valence-electron chi connectivity index (χ0n) is 8.58. The van der Waals surface area contributed by atoms with Crippen molar-refractivity contribution in [3.63, 3.8) is 0 Å². The minimum absolute atomic E-state index is 0.251. The molecule has 0 radical (unpaired) electrons. The number of benzene rings is 1. The van der Waals surface area contributed by atoms with Crippen LogP contribution in [0.4, 0.5) is 0 Å². The third-order valence-electron chi connectivity index (χ3n) is 1.99. The molecule has 0 bridgehead atoms. The molecule has 0 aromatic heterocycles. The van der Waals surface area contributed by atoms with Crippen molar-refractivity contribution in [1.82, 2.24) is 0 Å². The van der Waals surface area contributed by atoms with E-state index in [4.69, 9.17) is 10.6 Å². The average Bonchev–Trinajstić information content (AvgIpc) is 2.29. The zero-order chi connectivity index (χ0) is 11.8. The number of azide groups is 1. The number of aryl methyl sites for hydroxylation is 1. The van der Waals surface area contributed by atoms with Gasteiger partial charge in [0.2, 0.25) is 0 Å². The van der Waals surface area contributed by atoms with E-state index in [1.54, 1.807) is 0 Å². The lowest BCUT2D eigenvalue weighted by atomic mass is 10.1. The Labute approximate surface area is 92.7 Å². The Morgan fingerprint density at radius 3 is 2.69 bits per heavy atom. The van der Waals surface area contributed by atoms with Gasteiger partial charge in [-0.25, -0.2) is 4.79 Å². The SMILES string of the molecule is [N-]=[N+]=N/C(=C\CCc1ccccc1)C(=O)O. The molecule has 82 valence electrons. The molecule has 0 aliphatic carbocycles. The van der Waals surface area contributed by atoms with E-state index in [0.29, 0.717) is 6.42 Å². The molecular weight excluding hydrogens is 206 g/mol. The monoisotopic (exact) mass is 217 g/mol. The molecule has 0 saturated heterocycles. The van der Waals surface area contributed by atoms with Crippen molar-refractivity contribution in [1.29, 1.82) is 0 Å². The van der Waals surface area contributed by atoms with E-state index in [0.717, 1.165) is 12.0 Å². The van der Waals surface area contributed by atoms with Crippen LogP contribution >= 0.6 is 0 Å². The third-order valence-corrected chi connectivity index (χ3v) is 1.99. The second-order valence-electron chi connectivity index (χ2n) is 3.11. The van der Waals surface area contributed by atoms with Crippen LogP contribution < -0.4 is 0 Å². The quantitative estimate of drug-likeness (QED) is 0.356. The Kier molecular flexibility index (Phi) is 4.63. The Morgan fingerprint density at radius 1 is 1.44 bits per heavy atom. The number of carbonyl (C=O) groups is 1. The molecule has 5 heteroatoms. The normalized spacial score (nSPS) is 10.6. The lowest BCUT2D eigenvalue weighted by Gasteiger charge is -1.97. The second-order valence-corrected chi connectivity index (χ2v) is 3.11. The molecule has 1 N–H and O–H groups in total. The zero-order valence-corrected chi connectivity index (χ0v) is 8.58. The molecule has 0 amide bonds. The highest BCUT2D eigenvalue weighted by Crippen LogP contribution is 2.06. The highest BCUT2D eigenvalue weighted by molar-refractivity contribution is 5.85. The molecule has 0 aliphatic rings. The van der Waals surface area contributed by atoms with Gasteiger partial charge in [0, 0.05) is 4.91 Å². The maximum atomic E-state index is 10.6. The van der Waals surface area contributed by atoms with E-state index in [1.807, 2.05) is 30.3 Å². The van der Waals surface area contributed by atoms with Crippen molar-refractivity contribution in [3.05, 3.63) is 58.1 Å². The topological polar surface area (TPSA) is 86.1 Å². The first-order chi connectivity index (χ1) is 7.74. The third kappa shape index (κ3) is 3.86. The van der Waals surface area contributed by atoms with Gasteiger partial charge >= 0.3 is 5.97 Å². The van der Waals surface area contributed by atoms with E-state index >= 15 is 0 Å². The van der Waals surface area contributed by atoms with Gasteiger partial charge in [0.1, 0.15) is 5.70 Å². The predicted octanol–water partition coefficient (Wildman–Crippen LogP) is 2.90. The molecule has 1 aromatic rings.